The van der Waals surface area contributed by atoms with E-state index in [0.717, 1.165) is 22.0 Å². The van der Waals surface area contributed by atoms with Crippen LogP contribution in [0.25, 0.3) is 5.69 Å². The molecule has 28 heavy (non-hydrogen) atoms. The first kappa shape index (κ1) is 18.0. The molecule has 140 valence electrons. The van der Waals surface area contributed by atoms with Gasteiger partial charge in [-0.1, -0.05) is 48.2 Å². The molecule has 0 saturated heterocycles. The third kappa shape index (κ3) is 4.29. The zero-order valence-electron chi connectivity index (χ0n) is 14.9. The van der Waals surface area contributed by atoms with Gasteiger partial charge in [-0.15, -0.1) is 0 Å². The van der Waals surface area contributed by atoms with Crippen molar-refractivity contribution in [3.05, 3.63) is 90.0 Å². The first-order valence-electron chi connectivity index (χ1n) is 8.73. The number of benzene rings is 2. The monoisotopic (exact) mass is 390 g/mol. The summed E-state index contributed by atoms with van der Waals surface area (Å²) in [6, 6.07) is 17.4. The maximum atomic E-state index is 12.7. The molecular formula is C20H18N6OS. The lowest BCUT2D eigenvalue weighted by molar-refractivity contribution is 0.0950. The Labute approximate surface area is 166 Å². The molecule has 0 fully saturated rings. The van der Waals surface area contributed by atoms with Gasteiger partial charge in [0, 0.05) is 29.6 Å². The molecule has 0 aliphatic carbocycles. The van der Waals surface area contributed by atoms with Crippen molar-refractivity contribution in [2.45, 2.75) is 17.5 Å². The minimum Gasteiger partial charge on any atom is -0.348 e. The average Bonchev–Trinajstić information content (AvgIpc) is 3.43. The van der Waals surface area contributed by atoms with Crippen molar-refractivity contribution in [1.82, 2.24) is 30.3 Å². The molecule has 0 spiro atoms. The number of nitrogens with zero attached hydrogens (tertiary/aromatic N) is 4. The smallest absolute Gasteiger partial charge is 0.251 e. The van der Waals surface area contributed by atoms with Gasteiger partial charge in [-0.25, -0.2) is 9.67 Å². The van der Waals surface area contributed by atoms with E-state index in [0.29, 0.717) is 17.9 Å². The van der Waals surface area contributed by atoms with Crippen LogP contribution in [0.1, 0.15) is 21.5 Å². The van der Waals surface area contributed by atoms with Crippen LogP contribution in [0.3, 0.4) is 0 Å². The third-order valence-electron chi connectivity index (χ3n) is 4.13. The highest BCUT2D eigenvalue weighted by Crippen LogP contribution is 2.21. The molecule has 0 aliphatic rings. The number of hydrogen-bond acceptors (Lipinski definition) is 5. The van der Waals surface area contributed by atoms with Gasteiger partial charge in [0.15, 0.2) is 5.16 Å². The van der Waals surface area contributed by atoms with Crippen LogP contribution in [0.5, 0.6) is 0 Å². The van der Waals surface area contributed by atoms with Gasteiger partial charge in [0.2, 0.25) is 0 Å². The molecule has 2 heterocycles. The topological polar surface area (TPSA) is 88.5 Å². The maximum absolute atomic E-state index is 12.7. The van der Waals surface area contributed by atoms with Gasteiger partial charge in [-0.05, 0) is 23.8 Å². The van der Waals surface area contributed by atoms with E-state index in [1.165, 1.54) is 18.1 Å². The van der Waals surface area contributed by atoms with Crippen LogP contribution >= 0.6 is 11.8 Å². The van der Waals surface area contributed by atoms with Crippen molar-refractivity contribution >= 4 is 17.7 Å². The van der Waals surface area contributed by atoms with Crippen LogP contribution in [-0.4, -0.2) is 30.9 Å². The van der Waals surface area contributed by atoms with Crippen molar-refractivity contribution in [3.63, 3.8) is 0 Å². The molecule has 4 aromatic rings. The number of nitrogens with one attached hydrogen (secondary N) is 2. The van der Waals surface area contributed by atoms with Crippen LogP contribution in [0, 0.1) is 0 Å². The second-order valence-electron chi connectivity index (χ2n) is 6.05. The maximum Gasteiger partial charge on any atom is 0.251 e. The number of carbonyl (C=O) groups is 1. The molecule has 4 rings (SSSR count). The molecule has 2 aromatic carbocycles. The second-order valence-corrected chi connectivity index (χ2v) is 7.01. The lowest BCUT2D eigenvalue weighted by Gasteiger charge is -2.09. The number of amides is 1. The summed E-state index contributed by atoms with van der Waals surface area (Å²) in [6.07, 6.45) is 5.15. The number of hydrogen-bond donors (Lipinski definition) is 2. The Balaban J connectivity index is 1.40. The Morgan fingerprint density at radius 2 is 1.93 bits per heavy atom. The van der Waals surface area contributed by atoms with E-state index >= 15 is 0 Å². The van der Waals surface area contributed by atoms with E-state index in [2.05, 4.69) is 25.6 Å². The van der Waals surface area contributed by atoms with E-state index in [9.17, 15) is 4.79 Å². The van der Waals surface area contributed by atoms with Gasteiger partial charge in [-0.2, -0.15) is 10.2 Å². The lowest BCUT2D eigenvalue weighted by atomic mass is 10.1. The first-order valence-corrected chi connectivity index (χ1v) is 9.71. The number of H-pyrrole nitrogens is 1. The van der Waals surface area contributed by atoms with E-state index in [1.807, 2.05) is 60.8 Å². The van der Waals surface area contributed by atoms with E-state index in [1.54, 1.807) is 10.9 Å². The van der Waals surface area contributed by atoms with Gasteiger partial charge >= 0.3 is 0 Å². The fourth-order valence-electron chi connectivity index (χ4n) is 2.73. The quantitative estimate of drug-likeness (QED) is 0.473. The van der Waals surface area contributed by atoms with E-state index in [4.69, 9.17) is 0 Å². The minimum absolute atomic E-state index is 0.110. The summed E-state index contributed by atoms with van der Waals surface area (Å²) in [7, 11) is 0. The van der Waals surface area contributed by atoms with Gasteiger partial charge in [0.05, 0.1) is 11.9 Å². The Hall–Kier alpha value is -3.39. The highest BCUT2D eigenvalue weighted by atomic mass is 32.2. The summed E-state index contributed by atoms with van der Waals surface area (Å²) in [5.41, 5.74) is 3.52. The molecule has 1 amide bonds. The Bertz CT molecular complexity index is 1050. The molecule has 0 radical (unpaired) electrons. The summed E-state index contributed by atoms with van der Waals surface area (Å²) >= 11 is 1.50. The first-order chi connectivity index (χ1) is 13.8. The number of carbonyl (C=O) groups excluding carboxylic acids is 1. The molecule has 0 bridgehead atoms. The van der Waals surface area contributed by atoms with Crippen LogP contribution in [0.2, 0.25) is 0 Å². The van der Waals surface area contributed by atoms with Crippen LogP contribution in [-0.2, 0) is 12.3 Å². The van der Waals surface area contributed by atoms with Crippen LogP contribution in [0.15, 0.2) is 78.5 Å². The standard InChI is InChI=1S/C20H18N6OS/c27-19(18-9-5-4-6-16(18)13-28-20-22-14-23-25-20)21-10-15-11-24-26(12-15)17-7-2-1-3-8-17/h1-9,11-12,14H,10,13H2,(H,21,27)(H,22,23,25). The summed E-state index contributed by atoms with van der Waals surface area (Å²) in [4.78, 5) is 16.8. The highest BCUT2D eigenvalue weighted by molar-refractivity contribution is 7.98. The van der Waals surface area contributed by atoms with Crippen molar-refractivity contribution in [1.29, 1.82) is 0 Å². The van der Waals surface area contributed by atoms with Crippen molar-refractivity contribution < 1.29 is 4.79 Å². The minimum atomic E-state index is -0.110. The molecule has 0 unspecified atom stereocenters. The normalized spacial score (nSPS) is 10.7. The molecule has 0 aliphatic heterocycles. The predicted octanol–water partition coefficient (Wildman–Crippen LogP) is 3.21. The van der Waals surface area contributed by atoms with Crippen molar-refractivity contribution in [2.24, 2.45) is 0 Å². The van der Waals surface area contributed by atoms with Crippen LogP contribution < -0.4 is 5.32 Å². The van der Waals surface area contributed by atoms with Crippen LogP contribution in [0.4, 0.5) is 0 Å². The summed E-state index contributed by atoms with van der Waals surface area (Å²) in [6.45, 7) is 0.412. The summed E-state index contributed by atoms with van der Waals surface area (Å²) in [5.74, 6) is 0.520. The highest BCUT2D eigenvalue weighted by Gasteiger charge is 2.12. The molecule has 8 heteroatoms. The third-order valence-corrected chi connectivity index (χ3v) is 5.05. The predicted molar refractivity (Wildman–Crippen MR) is 107 cm³/mol. The molecule has 0 saturated carbocycles. The molecular weight excluding hydrogens is 372 g/mol. The van der Waals surface area contributed by atoms with Gasteiger partial charge in [0.25, 0.3) is 5.91 Å². The Morgan fingerprint density at radius 3 is 2.75 bits per heavy atom. The largest absolute Gasteiger partial charge is 0.348 e. The average molecular weight is 390 g/mol. The fourth-order valence-corrected chi connectivity index (χ4v) is 3.51. The number of aromatic nitrogens is 5. The lowest BCUT2D eigenvalue weighted by Crippen LogP contribution is -2.23. The molecule has 2 N–H and O–H groups in total. The second kappa shape index (κ2) is 8.53. The molecule has 2 aromatic heterocycles. The van der Waals surface area contributed by atoms with E-state index in [-0.39, 0.29) is 5.91 Å². The fraction of sp³-hybridized carbons (Fsp3) is 0.100. The number of aromatic amines is 1. The molecule has 7 nitrogen and oxygen atoms in total. The van der Waals surface area contributed by atoms with Gasteiger partial charge in [0.1, 0.15) is 6.33 Å². The van der Waals surface area contributed by atoms with Gasteiger partial charge < -0.3 is 5.32 Å². The SMILES string of the molecule is O=C(NCc1cnn(-c2ccccc2)c1)c1ccccc1CSc1ncn[nH]1. The van der Waals surface area contributed by atoms with Crippen molar-refractivity contribution in [3.8, 4) is 5.69 Å². The number of para-hydroxylation sites is 1. The zero-order chi connectivity index (χ0) is 19.2. The Kier molecular flexibility index (Phi) is 5.48. The number of thioether (sulfide) groups is 1. The summed E-state index contributed by atoms with van der Waals surface area (Å²) in [5, 5.41) is 14.7. The summed E-state index contributed by atoms with van der Waals surface area (Å²) < 4.78 is 1.80. The Morgan fingerprint density at radius 1 is 1.11 bits per heavy atom. The molecule has 0 atom stereocenters. The van der Waals surface area contributed by atoms with Crippen molar-refractivity contribution in [2.75, 3.05) is 0 Å². The number of rotatable bonds is 7. The van der Waals surface area contributed by atoms with Gasteiger partial charge in [-0.3, -0.25) is 9.89 Å². The van der Waals surface area contributed by atoms with E-state index < -0.39 is 0 Å². The zero-order valence-corrected chi connectivity index (χ0v) is 15.8.